The average Bonchev–Trinajstić information content (AvgIpc) is 2.91. The fourth-order valence-electron chi connectivity index (χ4n) is 1.56. The molecule has 5 nitrogen and oxygen atoms in total. The number of halogens is 1. The molecule has 6 heteroatoms. The van der Waals surface area contributed by atoms with E-state index in [0.717, 1.165) is 6.07 Å². The molecule has 1 heterocycles. The van der Waals surface area contributed by atoms with E-state index in [0.29, 0.717) is 0 Å². The van der Waals surface area contributed by atoms with Crippen LogP contribution in [0, 0.1) is 5.82 Å². The summed E-state index contributed by atoms with van der Waals surface area (Å²) in [6.07, 6.45) is 3.09. The van der Waals surface area contributed by atoms with E-state index < -0.39 is 17.6 Å². The maximum Gasteiger partial charge on any atom is 0.379 e. The second-order valence-corrected chi connectivity index (χ2v) is 3.67. The first-order chi connectivity index (χ1) is 9.13. The lowest BCUT2D eigenvalue weighted by Gasteiger charge is -2.05. The number of aromatic nitrogens is 2. The molecule has 98 valence electrons. The molecule has 0 amide bonds. The van der Waals surface area contributed by atoms with Crippen molar-refractivity contribution in [2.45, 2.75) is 6.92 Å². The Morgan fingerprint density at radius 2 is 2.21 bits per heavy atom. The largest absolute Gasteiger partial charge is 0.460 e. The van der Waals surface area contributed by atoms with Gasteiger partial charge in [0.15, 0.2) is 0 Å². The van der Waals surface area contributed by atoms with E-state index >= 15 is 0 Å². The van der Waals surface area contributed by atoms with E-state index in [1.165, 1.54) is 23.0 Å². The first-order valence-electron chi connectivity index (χ1n) is 5.64. The van der Waals surface area contributed by atoms with E-state index in [1.54, 1.807) is 19.2 Å². The molecular formula is C13H11FN2O3. The minimum Gasteiger partial charge on any atom is -0.460 e. The Morgan fingerprint density at radius 3 is 2.79 bits per heavy atom. The standard InChI is InChI=1S/C13H11FN2O3/c1-2-19-13(18)12(17)9-4-5-11(10(14)8-9)16-7-3-6-15-16/h3-8H,2H2,1H3. The van der Waals surface area contributed by atoms with Crippen molar-refractivity contribution in [1.29, 1.82) is 0 Å². The second-order valence-electron chi connectivity index (χ2n) is 3.67. The Hall–Kier alpha value is -2.50. The zero-order valence-electron chi connectivity index (χ0n) is 10.2. The smallest absolute Gasteiger partial charge is 0.379 e. The molecule has 0 aliphatic rings. The highest BCUT2D eigenvalue weighted by molar-refractivity contribution is 6.40. The number of ether oxygens (including phenoxy) is 1. The normalized spacial score (nSPS) is 10.2. The van der Waals surface area contributed by atoms with Crippen LogP contribution in [0.3, 0.4) is 0 Å². The molecule has 0 saturated carbocycles. The van der Waals surface area contributed by atoms with E-state index in [1.807, 2.05) is 0 Å². The highest BCUT2D eigenvalue weighted by Crippen LogP contribution is 2.15. The lowest BCUT2D eigenvalue weighted by molar-refractivity contribution is -0.137. The average molecular weight is 262 g/mol. The van der Waals surface area contributed by atoms with Gasteiger partial charge in [-0.25, -0.2) is 13.9 Å². The monoisotopic (exact) mass is 262 g/mol. The van der Waals surface area contributed by atoms with Gasteiger partial charge >= 0.3 is 5.97 Å². The van der Waals surface area contributed by atoms with Crippen LogP contribution in [-0.2, 0) is 9.53 Å². The quantitative estimate of drug-likeness (QED) is 0.478. The lowest BCUT2D eigenvalue weighted by Crippen LogP contribution is -2.17. The summed E-state index contributed by atoms with van der Waals surface area (Å²) in [5.74, 6) is -2.50. The Labute approximate surface area is 108 Å². The summed E-state index contributed by atoms with van der Waals surface area (Å²) in [5, 5.41) is 3.89. The third-order valence-corrected chi connectivity index (χ3v) is 2.42. The molecule has 19 heavy (non-hydrogen) atoms. The summed E-state index contributed by atoms with van der Waals surface area (Å²) in [6.45, 7) is 1.69. The molecule has 1 aromatic heterocycles. The van der Waals surface area contributed by atoms with E-state index in [9.17, 15) is 14.0 Å². The molecule has 0 bridgehead atoms. The molecule has 1 aromatic carbocycles. The highest BCUT2D eigenvalue weighted by atomic mass is 19.1. The number of esters is 1. The fourth-order valence-corrected chi connectivity index (χ4v) is 1.56. The van der Waals surface area contributed by atoms with Gasteiger partial charge in [-0.2, -0.15) is 5.10 Å². The molecule has 0 atom stereocenters. The van der Waals surface area contributed by atoms with Crippen LogP contribution in [0.4, 0.5) is 4.39 Å². The molecule has 0 N–H and O–H groups in total. The van der Waals surface area contributed by atoms with Crippen molar-refractivity contribution in [2.75, 3.05) is 6.61 Å². The number of Topliss-reactive ketones (excluding diaryl/α,β-unsaturated/α-hetero) is 1. The van der Waals surface area contributed by atoms with E-state index in [2.05, 4.69) is 9.84 Å². The van der Waals surface area contributed by atoms with Gasteiger partial charge < -0.3 is 4.74 Å². The number of carbonyl (C=O) groups is 2. The van der Waals surface area contributed by atoms with Gasteiger partial charge in [-0.1, -0.05) is 0 Å². The van der Waals surface area contributed by atoms with Crippen molar-refractivity contribution < 1.29 is 18.7 Å². The Balaban J connectivity index is 2.29. The third kappa shape index (κ3) is 2.67. The topological polar surface area (TPSA) is 61.2 Å². The predicted octanol–water partition coefficient (Wildman–Crippen LogP) is 1.76. The van der Waals surface area contributed by atoms with Gasteiger partial charge in [-0.15, -0.1) is 0 Å². The molecule has 0 spiro atoms. The van der Waals surface area contributed by atoms with Crippen LogP contribution >= 0.6 is 0 Å². The van der Waals surface area contributed by atoms with Crippen LogP contribution < -0.4 is 0 Å². The van der Waals surface area contributed by atoms with Gasteiger partial charge in [-0.05, 0) is 31.2 Å². The van der Waals surface area contributed by atoms with Crippen molar-refractivity contribution >= 4 is 11.8 Å². The maximum absolute atomic E-state index is 13.9. The van der Waals surface area contributed by atoms with Crippen molar-refractivity contribution in [2.24, 2.45) is 0 Å². The molecule has 2 aromatic rings. The first-order valence-corrected chi connectivity index (χ1v) is 5.64. The molecule has 0 fully saturated rings. The third-order valence-electron chi connectivity index (χ3n) is 2.42. The molecule has 0 radical (unpaired) electrons. The van der Waals surface area contributed by atoms with Gasteiger partial charge in [-0.3, -0.25) is 4.79 Å². The van der Waals surface area contributed by atoms with Crippen LogP contribution in [0.25, 0.3) is 5.69 Å². The van der Waals surface area contributed by atoms with Crippen molar-refractivity contribution in [1.82, 2.24) is 9.78 Å². The van der Waals surface area contributed by atoms with Gasteiger partial charge in [0.1, 0.15) is 11.5 Å². The number of hydrogen-bond donors (Lipinski definition) is 0. The van der Waals surface area contributed by atoms with Crippen LogP contribution in [0.5, 0.6) is 0 Å². The Bertz CT molecular complexity index is 608. The minimum absolute atomic E-state index is 0.0492. The SMILES string of the molecule is CCOC(=O)C(=O)c1ccc(-n2cccn2)c(F)c1. The van der Waals surface area contributed by atoms with Crippen LogP contribution in [0.2, 0.25) is 0 Å². The number of rotatable bonds is 4. The van der Waals surface area contributed by atoms with Gasteiger partial charge in [0.25, 0.3) is 5.78 Å². The van der Waals surface area contributed by atoms with Gasteiger partial charge in [0.2, 0.25) is 0 Å². The van der Waals surface area contributed by atoms with Crippen molar-refractivity contribution in [3.63, 3.8) is 0 Å². The number of ketones is 1. The Kier molecular flexibility index (Phi) is 3.70. The fraction of sp³-hybridized carbons (Fsp3) is 0.154. The molecule has 0 aliphatic heterocycles. The summed E-state index contributed by atoms with van der Waals surface area (Å²) in [5.41, 5.74) is 0.150. The molecule has 0 unspecified atom stereocenters. The summed E-state index contributed by atoms with van der Waals surface area (Å²) in [6, 6.07) is 5.39. The first kappa shape index (κ1) is 12.9. The summed E-state index contributed by atoms with van der Waals surface area (Å²) in [7, 11) is 0. The summed E-state index contributed by atoms with van der Waals surface area (Å²) >= 11 is 0. The summed E-state index contributed by atoms with van der Waals surface area (Å²) < 4.78 is 19.8. The predicted molar refractivity (Wildman–Crippen MR) is 64.5 cm³/mol. The van der Waals surface area contributed by atoms with E-state index in [-0.39, 0.29) is 17.9 Å². The zero-order valence-corrected chi connectivity index (χ0v) is 10.2. The van der Waals surface area contributed by atoms with Gasteiger partial charge in [0, 0.05) is 18.0 Å². The molecule has 2 rings (SSSR count). The molecule has 0 saturated heterocycles. The van der Waals surface area contributed by atoms with Crippen LogP contribution in [-0.4, -0.2) is 28.1 Å². The molecular weight excluding hydrogens is 251 g/mol. The van der Waals surface area contributed by atoms with Crippen molar-refractivity contribution in [3.8, 4) is 5.69 Å². The number of hydrogen-bond acceptors (Lipinski definition) is 4. The van der Waals surface area contributed by atoms with Crippen LogP contribution in [0.15, 0.2) is 36.7 Å². The van der Waals surface area contributed by atoms with Gasteiger partial charge in [0.05, 0.1) is 6.61 Å². The number of carbonyl (C=O) groups excluding carboxylic acids is 2. The minimum atomic E-state index is -0.992. The number of benzene rings is 1. The number of nitrogens with zero attached hydrogens (tertiary/aromatic N) is 2. The highest BCUT2D eigenvalue weighted by Gasteiger charge is 2.19. The lowest BCUT2D eigenvalue weighted by atomic mass is 10.1. The van der Waals surface area contributed by atoms with E-state index in [4.69, 9.17) is 0 Å². The second kappa shape index (κ2) is 5.43. The maximum atomic E-state index is 13.9. The van der Waals surface area contributed by atoms with Crippen LogP contribution in [0.1, 0.15) is 17.3 Å². The van der Waals surface area contributed by atoms with Crippen molar-refractivity contribution in [3.05, 3.63) is 48.0 Å². The molecule has 0 aliphatic carbocycles. The Morgan fingerprint density at radius 1 is 1.42 bits per heavy atom. The summed E-state index contributed by atoms with van der Waals surface area (Å²) in [4.78, 5) is 22.9. The zero-order chi connectivity index (χ0) is 13.8.